The van der Waals surface area contributed by atoms with Gasteiger partial charge < -0.3 is 19.7 Å². The number of carbonyl (C=O) groups excluding carboxylic acids is 1. The molecule has 0 radical (unpaired) electrons. The van der Waals surface area contributed by atoms with Gasteiger partial charge in [-0.2, -0.15) is 17.6 Å². The van der Waals surface area contributed by atoms with Gasteiger partial charge in [0.05, 0.1) is 12.7 Å². The van der Waals surface area contributed by atoms with Gasteiger partial charge in [-0.05, 0) is 47.4 Å². The summed E-state index contributed by atoms with van der Waals surface area (Å²) >= 11 is 0. The zero-order chi connectivity index (χ0) is 25.5. The van der Waals surface area contributed by atoms with E-state index in [0.717, 1.165) is 22.0 Å². The number of ether oxygens (including phenoxy) is 1. The first-order chi connectivity index (χ1) is 16.4. The van der Waals surface area contributed by atoms with Gasteiger partial charge in [0.1, 0.15) is 5.75 Å². The van der Waals surface area contributed by atoms with Crippen LogP contribution >= 0.6 is 0 Å². The van der Waals surface area contributed by atoms with Crippen molar-refractivity contribution < 1.29 is 37.0 Å². The van der Waals surface area contributed by atoms with E-state index in [-0.39, 0.29) is 17.7 Å². The minimum atomic E-state index is -4.07. The molecule has 2 aromatic carbocycles. The van der Waals surface area contributed by atoms with Gasteiger partial charge in [0.15, 0.2) is 0 Å². The monoisotopic (exact) mass is 492 g/mol. The van der Waals surface area contributed by atoms with Crippen LogP contribution in [0.1, 0.15) is 44.7 Å². The molecule has 0 saturated heterocycles. The minimum Gasteiger partial charge on any atom is -0.496 e. The highest BCUT2D eigenvalue weighted by atomic mass is 19.3. The molecule has 1 amide bonds. The molecular weight excluding hydrogens is 468 g/mol. The van der Waals surface area contributed by atoms with Crippen molar-refractivity contribution in [1.82, 2.24) is 9.88 Å². The van der Waals surface area contributed by atoms with E-state index in [1.807, 2.05) is 17.8 Å². The number of amides is 1. The van der Waals surface area contributed by atoms with Gasteiger partial charge in [-0.1, -0.05) is 6.07 Å². The third-order valence-electron chi connectivity index (χ3n) is 6.43. The SMILES string of the molecule is COc1cc(C(=O)O)ccc1Cc1cn(C)c2ccc(C(=O)NCC3CC(F)(F)C(F)(F)C3)cc12. The Morgan fingerprint density at radius 1 is 1.06 bits per heavy atom. The summed E-state index contributed by atoms with van der Waals surface area (Å²) in [5, 5.41) is 12.5. The highest BCUT2D eigenvalue weighted by Gasteiger charge is 2.62. The number of benzene rings is 2. The fraction of sp³-hybridized carbons (Fsp3) is 0.360. The summed E-state index contributed by atoms with van der Waals surface area (Å²) in [5.41, 5.74) is 2.82. The van der Waals surface area contributed by atoms with E-state index in [4.69, 9.17) is 4.74 Å². The van der Waals surface area contributed by atoms with Crippen molar-refractivity contribution in [2.75, 3.05) is 13.7 Å². The van der Waals surface area contributed by atoms with Crippen LogP contribution in [0.3, 0.4) is 0 Å². The van der Waals surface area contributed by atoms with Crippen LogP contribution in [0.2, 0.25) is 0 Å². The van der Waals surface area contributed by atoms with Gasteiger partial charge in [-0.25, -0.2) is 4.79 Å². The van der Waals surface area contributed by atoms with Crippen molar-refractivity contribution in [1.29, 1.82) is 0 Å². The molecule has 186 valence electrons. The minimum absolute atomic E-state index is 0.0975. The molecule has 4 rings (SSSR count). The number of nitrogens with zero attached hydrogens (tertiary/aromatic N) is 1. The van der Waals surface area contributed by atoms with Crippen molar-refractivity contribution in [2.24, 2.45) is 13.0 Å². The van der Waals surface area contributed by atoms with E-state index in [9.17, 15) is 32.3 Å². The fourth-order valence-electron chi connectivity index (χ4n) is 4.56. The number of hydrogen-bond acceptors (Lipinski definition) is 3. The summed E-state index contributed by atoms with van der Waals surface area (Å²) in [4.78, 5) is 23.9. The van der Waals surface area contributed by atoms with Crippen LogP contribution in [0, 0.1) is 5.92 Å². The highest BCUT2D eigenvalue weighted by Crippen LogP contribution is 2.50. The van der Waals surface area contributed by atoms with Crippen LogP contribution in [0.4, 0.5) is 17.6 Å². The Labute approximate surface area is 198 Å². The number of carboxylic acids is 1. The van der Waals surface area contributed by atoms with E-state index >= 15 is 0 Å². The maximum absolute atomic E-state index is 13.4. The highest BCUT2D eigenvalue weighted by molar-refractivity contribution is 5.99. The van der Waals surface area contributed by atoms with Crippen molar-refractivity contribution in [3.63, 3.8) is 0 Å². The molecule has 0 unspecified atom stereocenters. The van der Waals surface area contributed by atoms with Gasteiger partial charge in [-0.15, -0.1) is 0 Å². The fourth-order valence-corrected chi connectivity index (χ4v) is 4.56. The molecule has 1 aliphatic rings. The molecule has 1 aliphatic carbocycles. The number of halogens is 4. The number of aromatic carboxylic acids is 1. The number of hydrogen-bond donors (Lipinski definition) is 2. The quantitative estimate of drug-likeness (QED) is 0.461. The Bertz CT molecular complexity index is 1290. The second-order valence-corrected chi connectivity index (χ2v) is 8.90. The second-order valence-electron chi connectivity index (χ2n) is 8.90. The Morgan fingerprint density at radius 2 is 1.71 bits per heavy atom. The van der Waals surface area contributed by atoms with Crippen LogP contribution in [0.5, 0.6) is 5.75 Å². The molecule has 1 fully saturated rings. The summed E-state index contributed by atoms with van der Waals surface area (Å²) in [5.74, 6) is -10.3. The Kier molecular flexibility index (Phi) is 6.25. The van der Waals surface area contributed by atoms with Crippen molar-refractivity contribution in [2.45, 2.75) is 31.1 Å². The van der Waals surface area contributed by atoms with Gasteiger partial charge in [0, 0.05) is 55.5 Å². The molecule has 1 aromatic heterocycles. The molecule has 35 heavy (non-hydrogen) atoms. The molecule has 3 aromatic rings. The lowest BCUT2D eigenvalue weighted by molar-refractivity contribution is -0.185. The summed E-state index contributed by atoms with van der Waals surface area (Å²) in [7, 11) is 3.29. The second kappa shape index (κ2) is 8.90. The summed E-state index contributed by atoms with van der Waals surface area (Å²) < 4.78 is 61.0. The molecular formula is C25H24F4N2O4. The number of nitrogens with one attached hydrogen (secondary N) is 1. The Morgan fingerprint density at radius 3 is 2.34 bits per heavy atom. The molecule has 0 spiro atoms. The van der Waals surface area contributed by atoms with Crippen molar-refractivity contribution in [3.05, 3.63) is 64.8 Å². The first-order valence-corrected chi connectivity index (χ1v) is 10.9. The van der Waals surface area contributed by atoms with E-state index in [1.54, 1.807) is 24.3 Å². The smallest absolute Gasteiger partial charge is 0.335 e. The first-order valence-electron chi connectivity index (χ1n) is 10.9. The molecule has 0 bridgehead atoms. The normalized spacial score (nSPS) is 17.0. The lowest BCUT2D eigenvalue weighted by atomic mass is 10.0. The van der Waals surface area contributed by atoms with Crippen LogP contribution in [-0.4, -0.2) is 47.0 Å². The van der Waals surface area contributed by atoms with Crippen LogP contribution in [0.25, 0.3) is 10.9 Å². The standard InChI is InChI=1S/C25H24F4N2O4/c1-31-13-18(7-15-3-4-17(23(33)34)9-21(15)35-2)19-8-16(5-6-20(19)31)22(32)30-12-14-10-24(26,27)25(28,29)11-14/h3-6,8-9,13-14H,7,10-12H2,1-2H3,(H,30,32)(H,33,34). The zero-order valence-electron chi connectivity index (χ0n) is 19.1. The third kappa shape index (κ3) is 4.69. The van der Waals surface area contributed by atoms with E-state index in [2.05, 4.69) is 5.32 Å². The van der Waals surface area contributed by atoms with Gasteiger partial charge in [-0.3, -0.25) is 4.79 Å². The molecule has 1 saturated carbocycles. The molecule has 6 nitrogen and oxygen atoms in total. The van der Waals surface area contributed by atoms with E-state index in [0.29, 0.717) is 12.2 Å². The molecule has 2 N–H and O–H groups in total. The van der Waals surface area contributed by atoms with E-state index < -0.39 is 42.5 Å². The molecule has 10 heteroatoms. The average molecular weight is 492 g/mol. The molecule has 0 aliphatic heterocycles. The predicted molar refractivity (Wildman–Crippen MR) is 121 cm³/mol. The van der Waals surface area contributed by atoms with Gasteiger partial charge in [0.2, 0.25) is 0 Å². The van der Waals surface area contributed by atoms with E-state index in [1.165, 1.54) is 19.2 Å². The largest absolute Gasteiger partial charge is 0.496 e. The van der Waals surface area contributed by atoms with Gasteiger partial charge in [0.25, 0.3) is 5.91 Å². The lowest BCUT2D eigenvalue weighted by Gasteiger charge is -2.16. The summed E-state index contributed by atoms with van der Waals surface area (Å²) in [6.45, 7) is -0.267. The summed E-state index contributed by atoms with van der Waals surface area (Å²) in [6, 6.07) is 9.59. The Balaban J connectivity index is 1.55. The predicted octanol–water partition coefficient (Wildman–Crippen LogP) is 4.89. The number of rotatable bonds is 7. The number of fused-ring (bicyclic) bond motifs is 1. The molecule has 1 heterocycles. The number of methoxy groups -OCH3 is 1. The average Bonchev–Trinajstić information content (AvgIpc) is 3.22. The van der Waals surface area contributed by atoms with Crippen LogP contribution in [0.15, 0.2) is 42.6 Å². The number of alkyl halides is 4. The zero-order valence-corrected chi connectivity index (χ0v) is 19.1. The maximum Gasteiger partial charge on any atom is 0.335 e. The topological polar surface area (TPSA) is 80.6 Å². The molecule has 0 atom stereocenters. The number of aryl methyl sites for hydroxylation is 1. The summed E-state index contributed by atoms with van der Waals surface area (Å²) in [6.07, 6.45) is 0.354. The van der Waals surface area contributed by atoms with Gasteiger partial charge >= 0.3 is 17.8 Å². The number of carboxylic acid groups (broad SMARTS) is 1. The third-order valence-corrected chi connectivity index (χ3v) is 6.43. The number of carbonyl (C=O) groups is 2. The van der Waals surface area contributed by atoms with Crippen LogP contribution < -0.4 is 10.1 Å². The van der Waals surface area contributed by atoms with Crippen molar-refractivity contribution in [3.8, 4) is 5.75 Å². The number of aromatic nitrogens is 1. The van der Waals surface area contributed by atoms with Crippen molar-refractivity contribution >= 4 is 22.8 Å². The first kappa shape index (κ1) is 24.6. The lowest BCUT2D eigenvalue weighted by Crippen LogP contribution is -2.33. The van der Waals surface area contributed by atoms with Crippen LogP contribution in [-0.2, 0) is 13.5 Å². The maximum atomic E-state index is 13.4. The Hall–Kier alpha value is -3.56.